The fourth-order valence-corrected chi connectivity index (χ4v) is 2.44. The van der Waals surface area contributed by atoms with Gasteiger partial charge in [-0.25, -0.2) is 4.79 Å². The third kappa shape index (κ3) is 7.20. The van der Waals surface area contributed by atoms with Crippen LogP contribution in [0.2, 0.25) is 0 Å². The summed E-state index contributed by atoms with van der Waals surface area (Å²) >= 11 is 0. The maximum Gasteiger partial charge on any atom is 0.337 e. The van der Waals surface area contributed by atoms with Crippen molar-refractivity contribution in [3.8, 4) is 0 Å². The number of benzene rings is 1. The molecule has 0 aliphatic rings. The van der Waals surface area contributed by atoms with Crippen LogP contribution in [0.3, 0.4) is 0 Å². The van der Waals surface area contributed by atoms with E-state index in [0.29, 0.717) is 6.61 Å². The van der Waals surface area contributed by atoms with Crippen molar-refractivity contribution >= 4 is 18.4 Å². The number of likely N-dealkylation sites (N-methyl/N-ethyl adjacent to an activating group) is 1. The lowest BCUT2D eigenvalue weighted by molar-refractivity contribution is -0.176. The normalized spacial score (nSPS) is 12.6. The van der Waals surface area contributed by atoms with Gasteiger partial charge in [-0.05, 0) is 38.9 Å². The van der Waals surface area contributed by atoms with Gasteiger partial charge in [-0.2, -0.15) is 0 Å². The quantitative estimate of drug-likeness (QED) is 0.587. The van der Waals surface area contributed by atoms with E-state index < -0.39 is 5.60 Å². The largest absolute Gasteiger partial charge is 0.462 e. The van der Waals surface area contributed by atoms with Gasteiger partial charge in [0.05, 0.1) is 6.10 Å². The van der Waals surface area contributed by atoms with Gasteiger partial charge in [0.25, 0.3) is 0 Å². The highest BCUT2D eigenvalue weighted by atomic mass is 35.5. The highest BCUT2D eigenvalue weighted by Crippen LogP contribution is 2.27. The Morgan fingerprint density at radius 2 is 1.71 bits per heavy atom. The maximum absolute atomic E-state index is 12.3. The minimum Gasteiger partial charge on any atom is -0.462 e. The molecule has 0 saturated heterocycles. The van der Waals surface area contributed by atoms with Gasteiger partial charge in [-0.15, -0.1) is 12.4 Å². The van der Waals surface area contributed by atoms with E-state index in [4.69, 9.17) is 9.47 Å². The lowest BCUT2D eigenvalue weighted by Crippen LogP contribution is -2.39. The molecule has 0 amide bonds. The fourth-order valence-electron chi connectivity index (χ4n) is 2.44. The minimum atomic E-state index is -0.959. The second-order valence-corrected chi connectivity index (χ2v) is 6.10. The number of ether oxygens (including phenoxy) is 2. The molecule has 4 nitrogen and oxygen atoms in total. The van der Waals surface area contributed by atoms with Crippen molar-refractivity contribution in [3.05, 3.63) is 35.9 Å². The molecule has 1 rings (SSSR count). The summed E-state index contributed by atoms with van der Waals surface area (Å²) in [6, 6.07) is 9.99. The number of halogens is 1. The van der Waals surface area contributed by atoms with Gasteiger partial charge in [0, 0.05) is 6.54 Å². The fraction of sp³-hybridized carbons (Fsp3) is 0.632. The van der Waals surface area contributed by atoms with E-state index in [1.165, 1.54) is 0 Å². The van der Waals surface area contributed by atoms with E-state index in [1.807, 2.05) is 30.3 Å². The Bertz CT molecular complexity index is 461. The topological polar surface area (TPSA) is 38.8 Å². The van der Waals surface area contributed by atoms with Crippen LogP contribution < -0.4 is 0 Å². The summed E-state index contributed by atoms with van der Waals surface area (Å²) in [6.45, 7) is 12.9. The van der Waals surface area contributed by atoms with Gasteiger partial charge in [-0.3, -0.25) is 0 Å². The molecule has 1 atom stereocenters. The van der Waals surface area contributed by atoms with Crippen molar-refractivity contribution < 1.29 is 14.3 Å². The number of carbonyl (C=O) groups excluding carboxylic acids is 1. The third-order valence-corrected chi connectivity index (χ3v) is 4.01. The van der Waals surface area contributed by atoms with E-state index in [2.05, 4.69) is 25.7 Å². The summed E-state index contributed by atoms with van der Waals surface area (Å²) in [6.07, 6.45) is 0.696. The van der Waals surface area contributed by atoms with Gasteiger partial charge in [-0.1, -0.05) is 51.1 Å². The first-order chi connectivity index (χ1) is 10.9. The van der Waals surface area contributed by atoms with E-state index in [1.54, 1.807) is 13.8 Å². The van der Waals surface area contributed by atoms with Crippen molar-refractivity contribution in [2.45, 2.75) is 52.7 Å². The summed E-state index contributed by atoms with van der Waals surface area (Å²) < 4.78 is 11.5. The average molecular weight is 358 g/mol. The highest BCUT2D eigenvalue weighted by molar-refractivity contribution is 5.85. The van der Waals surface area contributed by atoms with Gasteiger partial charge in [0.2, 0.25) is 0 Å². The van der Waals surface area contributed by atoms with Crippen LogP contribution in [0.1, 0.15) is 52.7 Å². The zero-order chi connectivity index (χ0) is 17.3. The molecule has 0 N–H and O–H groups in total. The summed E-state index contributed by atoms with van der Waals surface area (Å²) in [7, 11) is 0. The number of carbonyl (C=O) groups is 1. The van der Waals surface area contributed by atoms with Crippen molar-refractivity contribution in [1.29, 1.82) is 0 Å². The first-order valence-electron chi connectivity index (χ1n) is 8.56. The van der Waals surface area contributed by atoms with Crippen molar-refractivity contribution in [2.24, 2.45) is 0 Å². The van der Waals surface area contributed by atoms with Crippen LogP contribution in [-0.2, 0) is 14.3 Å². The van der Waals surface area contributed by atoms with Crippen LogP contribution in [0, 0.1) is 0 Å². The molecule has 1 aromatic carbocycles. The summed E-state index contributed by atoms with van der Waals surface area (Å²) in [4.78, 5) is 14.6. The van der Waals surface area contributed by atoms with Crippen LogP contribution in [0.5, 0.6) is 0 Å². The molecular weight excluding hydrogens is 326 g/mol. The molecule has 0 fully saturated rings. The van der Waals surface area contributed by atoms with Gasteiger partial charge >= 0.3 is 5.97 Å². The van der Waals surface area contributed by atoms with E-state index in [-0.39, 0.29) is 24.5 Å². The lowest BCUT2D eigenvalue weighted by atomic mass is 10.0. The Hall–Kier alpha value is -1.10. The summed E-state index contributed by atoms with van der Waals surface area (Å²) in [5, 5.41) is 0. The third-order valence-electron chi connectivity index (χ3n) is 4.01. The number of hydrogen-bond acceptors (Lipinski definition) is 4. The molecule has 24 heavy (non-hydrogen) atoms. The SMILES string of the molecule is CCC(OC(C)(C)C(=O)OCCN(CC)CC)c1ccccc1.Cl. The van der Waals surface area contributed by atoms with Crippen molar-refractivity contribution in [1.82, 2.24) is 4.90 Å². The van der Waals surface area contributed by atoms with Crippen LogP contribution in [-0.4, -0.2) is 42.7 Å². The van der Waals surface area contributed by atoms with E-state index in [9.17, 15) is 4.79 Å². The van der Waals surface area contributed by atoms with Crippen LogP contribution in [0.4, 0.5) is 0 Å². The molecule has 0 bridgehead atoms. The Labute approximate surface area is 152 Å². The standard InChI is InChI=1S/C19H31NO3.ClH/c1-6-17(16-12-10-9-11-13-16)23-19(4,5)18(21)22-15-14-20(7-2)8-3;/h9-13,17H,6-8,14-15H2,1-5H3;1H. The second kappa shape index (κ2) is 11.5. The van der Waals surface area contributed by atoms with Crippen molar-refractivity contribution in [2.75, 3.05) is 26.2 Å². The van der Waals surface area contributed by atoms with E-state index in [0.717, 1.165) is 31.6 Å². The lowest BCUT2D eigenvalue weighted by Gasteiger charge is -2.29. The predicted octanol–water partition coefficient (Wildman–Crippen LogP) is 4.24. The molecule has 0 aliphatic heterocycles. The Morgan fingerprint density at radius 3 is 2.21 bits per heavy atom. The molecule has 0 saturated carbocycles. The second-order valence-electron chi connectivity index (χ2n) is 6.10. The minimum absolute atomic E-state index is 0. The zero-order valence-corrected chi connectivity index (χ0v) is 16.4. The first-order valence-corrected chi connectivity index (χ1v) is 8.56. The van der Waals surface area contributed by atoms with E-state index >= 15 is 0 Å². The molecule has 0 aliphatic carbocycles. The predicted molar refractivity (Wildman–Crippen MR) is 101 cm³/mol. The number of esters is 1. The molecule has 1 aromatic rings. The van der Waals surface area contributed by atoms with Gasteiger partial charge in [0.15, 0.2) is 5.60 Å². The molecule has 5 heteroatoms. The van der Waals surface area contributed by atoms with Crippen LogP contribution >= 0.6 is 12.4 Å². The number of rotatable bonds is 10. The number of hydrogen-bond donors (Lipinski definition) is 0. The molecule has 138 valence electrons. The molecule has 0 aromatic heterocycles. The Kier molecular flexibility index (Phi) is 10.9. The molecule has 0 radical (unpaired) electrons. The van der Waals surface area contributed by atoms with Gasteiger partial charge < -0.3 is 14.4 Å². The molecular formula is C19H32ClNO3. The van der Waals surface area contributed by atoms with Crippen LogP contribution in [0.15, 0.2) is 30.3 Å². The van der Waals surface area contributed by atoms with Crippen molar-refractivity contribution in [3.63, 3.8) is 0 Å². The first kappa shape index (κ1) is 22.9. The number of nitrogens with zero attached hydrogens (tertiary/aromatic N) is 1. The average Bonchev–Trinajstić information content (AvgIpc) is 2.57. The van der Waals surface area contributed by atoms with Gasteiger partial charge in [0.1, 0.15) is 6.61 Å². The highest BCUT2D eigenvalue weighted by Gasteiger charge is 2.33. The summed E-state index contributed by atoms with van der Waals surface area (Å²) in [5.74, 6) is -0.306. The molecule has 1 unspecified atom stereocenters. The maximum atomic E-state index is 12.3. The molecule has 0 heterocycles. The van der Waals surface area contributed by atoms with Crippen LogP contribution in [0.25, 0.3) is 0 Å². The Balaban J connectivity index is 0.00000529. The Morgan fingerprint density at radius 1 is 1.12 bits per heavy atom. The summed E-state index contributed by atoms with van der Waals surface area (Å²) in [5.41, 5.74) is 0.124. The zero-order valence-electron chi connectivity index (χ0n) is 15.6. The molecule has 0 spiro atoms. The monoisotopic (exact) mass is 357 g/mol. The smallest absolute Gasteiger partial charge is 0.337 e.